The van der Waals surface area contributed by atoms with Crippen molar-refractivity contribution in [3.63, 3.8) is 0 Å². The van der Waals surface area contributed by atoms with Crippen LogP contribution in [0.4, 0.5) is 0 Å². The Balaban J connectivity index is 2.52. The van der Waals surface area contributed by atoms with Gasteiger partial charge in [0, 0.05) is 12.7 Å². The molecule has 0 amide bonds. The van der Waals surface area contributed by atoms with Gasteiger partial charge in [0.1, 0.15) is 15.1 Å². The van der Waals surface area contributed by atoms with Crippen LogP contribution in [0.5, 0.6) is 5.75 Å². The number of ether oxygens (including phenoxy) is 2. The number of hydrogen-bond acceptors (Lipinski definition) is 4. The van der Waals surface area contributed by atoms with Crippen LogP contribution in [-0.4, -0.2) is 24.2 Å². The minimum absolute atomic E-state index is 0.166. The maximum atomic E-state index is 11.9. The molecular formula is C13H13IN2O3. The van der Waals surface area contributed by atoms with Crippen LogP contribution >= 0.6 is 22.6 Å². The summed E-state index contributed by atoms with van der Waals surface area (Å²) in [7, 11) is 3.17. The van der Waals surface area contributed by atoms with Crippen LogP contribution in [0.15, 0.2) is 29.1 Å². The Kier molecular flexibility index (Phi) is 4.54. The van der Waals surface area contributed by atoms with Crippen molar-refractivity contribution in [3.8, 4) is 17.1 Å². The smallest absolute Gasteiger partial charge is 0.264 e. The van der Waals surface area contributed by atoms with Crippen molar-refractivity contribution < 1.29 is 9.47 Å². The highest BCUT2D eigenvalue weighted by Crippen LogP contribution is 2.21. The standard InChI is InChI=1S/C13H13IN2O3/c1-18-7-10-11(14)13(17)16-12(15-10)8-4-3-5-9(6-8)19-2/h3-6H,7H2,1-2H3,(H,15,16,17). The van der Waals surface area contributed by atoms with Crippen LogP contribution in [0, 0.1) is 3.57 Å². The monoisotopic (exact) mass is 372 g/mol. The first-order valence-electron chi connectivity index (χ1n) is 5.57. The lowest BCUT2D eigenvalue weighted by atomic mass is 10.2. The molecule has 0 atom stereocenters. The van der Waals surface area contributed by atoms with E-state index in [0.29, 0.717) is 27.4 Å². The Labute approximate surface area is 124 Å². The van der Waals surface area contributed by atoms with Crippen molar-refractivity contribution in [1.82, 2.24) is 9.97 Å². The van der Waals surface area contributed by atoms with Crippen molar-refractivity contribution >= 4 is 22.6 Å². The van der Waals surface area contributed by atoms with Gasteiger partial charge in [-0.05, 0) is 34.7 Å². The molecule has 0 radical (unpaired) electrons. The van der Waals surface area contributed by atoms with E-state index < -0.39 is 0 Å². The Morgan fingerprint density at radius 3 is 2.84 bits per heavy atom. The summed E-state index contributed by atoms with van der Waals surface area (Å²) >= 11 is 1.97. The zero-order chi connectivity index (χ0) is 13.8. The minimum atomic E-state index is -0.166. The zero-order valence-corrected chi connectivity index (χ0v) is 12.7. The highest BCUT2D eigenvalue weighted by atomic mass is 127. The van der Waals surface area contributed by atoms with Gasteiger partial charge in [-0.2, -0.15) is 0 Å². The molecule has 0 saturated carbocycles. The van der Waals surface area contributed by atoms with Gasteiger partial charge in [0.15, 0.2) is 0 Å². The maximum Gasteiger partial charge on any atom is 0.264 e. The van der Waals surface area contributed by atoms with Crippen molar-refractivity contribution in [1.29, 1.82) is 0 Å². The lowest BCUT2D eigenvalue weighted by molar-refractivity contribution is 0.180. The predicted octanol–water partition coefficient (Wildman–Crippen LogP) is 2.20. The second kappa shape index (κ2) is 6.16. The molecule has 5 nitrogen and oxygen atoms in total. The van der Waals surface area contributed by atoms with Gasteiger partial charge >= 0.3 is 0 Å². The fraction of sp³-hybridized carbons (Fsp3) is 0.231. The highest BCUT2D eigenvalue weighted by molar-refractivity contribution is 14.1. The molecule has 19 heavy (non-hydrogen) atoms. The van der Waals surface area contributed by atoms with Gasteiger partial charge < -0.3 is 14.5 Å². The second-order valence-corrected chi connectivity index (χ2v) is 4.92. The van der Waals surface area contributed by atoms with Gasteiger partial charge in [-0.3, -0.25) is 4.79 Å². The van der Waals surface area contributed by atoms with E-state index >= 15 is 0 Å². The van der Waals surface area contributed by atoms with Gasteiger partial charge in [0.2, 0.25) is 0 Å². The lowest BCUT2D eigenvalue weighted by Gasteiger charge is -2.07. The summed E-state index contributed by atoms with van der Waals surface area (Å²) in [6.45, 7) is 0.305. The molecule has 0 spiro atoms. The van der Waals surface area contributed by atoms with Crippen LogP contribution in [-0.2, 0) is 11.3 Å². The van der Waals surface area contributed by atoms with Gasteiger partial charge in [-0.1, -0.05) is 12.1 Å². The lowest BCUT2D eigenvalue weighted by Crippen LogP contribution is -2.16. The molecule has 2 rings (SSSR count). The summed E-state index contributed by atoms with van der Waals surface area (Å²) in [5.74, 6) is 1.23. The number of H-pyrrole nitrogens is 1. The maximum absolute atomic E-state index is 11.9. The average Bonchev–Trinajstić information content (AvgIpc) is 2.44. The minimum Gasteiger partial charge on any atom is -0.497 e. The SMILES string of the molecule is COCc1nc(-c2cccc(OC)c2)[nH]c(=O)c1I. The summed E-state index contributed by atoms with van der Waals surface area (Å²) in [4.78, 5) is 19.1. The van der Waals surface area contributed by atoms with E-state index in [1.165, 1.54) is 0 Å². The molecule has 1 aromatic heterocycles. The molecule has 0 unspecified atom stereocenters. The van der Waals surface area contributed by atoms with Crippen LogP contribution in [0.3, 0.4) is 0 Å². The van der Waals surface area contributed by atoms with E-state index in [4.69, 9.17) is 9.47 Å². The first kappa shape index (κ1) is 14.0. The predicted molar refractivity (Wildman–Crippen MR) is 80.3 cm³/mol. The Morgan fingerprint density at radius 1 is 1.37 bits per heavy atom. The third-order valence-electron chi connectivity index (χ3n) is 2.56. The molecule has 1 aromatic carbocycles. The van der Waals surface area contributed by atoms with Gasteiger partial charge in [-0.15, -0.1) is 0 Å². The first-order chi connectivity index (χ1) is 9.15. The summed E-state index contributed by atoms with van der Waals surface area (Å²) in [5.41, 5.74) is 1.26. The van der Waals surface area contributed by atoms with Crippen molar-refractivity contribution in [3.05, 3.63) is 43.9 Å². The number of aromatic amines is 1. The molecule has 0 aliphatic carbocycles. The number of hydrogen-bond donors (Lipinski definition) is 1. The molecule has 6 heteroatoms. The Morgan fingerprint density at radius 2 is 2.16 bits per heavy atom. The van der Waals surface area contributed by atoms with Crippen molar-refractivity contribution in [2.24, 2.45) is 0 Å². The largest absolute Gasteiger partial charge is 0.497 e. The fourth-order valence-corrected chi connectivity index (χ4v) is 2.06. The van der Waals surface area contributed by atoms with E-state index in [-0.39, 0.29) is 5.56 Å². The normalized spacial score (nSPS) is 10.5. The Hall–Kier alpha value is -1.41. The molecule has 0 aliphatic rings. The summed E-state index contributed by atoms with van der Waals surface area (Å²) in [5, 5.41) is 0. The summed E-state index contributed by atoms with van der Waals surface area (Å²) in [6.07, 6.45) is 0. The van der Waals surface area contributed by atoms with E-state index in [1.54, 1.807) is 14.2 Å². The van der Waals surface area contributed by atoms with Crippen molar-refractivity contribution in [2.45, 2.75) is 6.61 Å². The molecular weight excluding hydrogens is 359 g/mol. The number of halogens is 1. The zero-order valence-electron chi connectivity index (χ0n) is 10.6. The number of rotatable bonds is 4. The molecule has 1 N–H and O–H groups in total. The molecule has 0 fully saturated rings. The average molecular weight is 372 g/mol. The number of nitrogens with one attached hydrogen (secondary N) is 1. The molecule has 1 heterocycles. The van der Waals surface area contributed by atoms with E-state index in [0.717, 1.165) is 5.56 Å². The number of nitrogens with zero attached hydrogens (tertiary/aromatic N) is 1. The third-order valence-corrected chi connectivity index (χ3v) is 3.67. The number of methoxy groups -OCH3 is 2. The number of aromatic nitrogens is 2. The third kappa shape index (κ3) is 3.13. The van der Waals surface area contributed by atoms with E-state index in [2.05, 4.69) is 9.97 Å². The second-order valence-electron chi connectivity index (χ2n) is 3.84. The summed E-state index contributed by atoms with van der Waals surface area (Å²) < 4.78 is 10.8. The highest BCUT2D eigenvalue weighted by Gasteiger charge is 2.10. The molecule has 2 aromatic rings. The molecule has 0 bridgehead atoms. The van der Waals surface area contributed by atoms with Crippen molar-refractivity contribution in [2.75, 3.05) is 14.2 Å². The van der Waals surface area contributed by atoms with Crippen LogP contribution in [0.25, 0.3) is 11.4 Å². The van der Waals surface area contributed by atoms with Gasteiger partial charge in [-0.25, -0.2) is 4.98 Å². The van der Waals surface area contributed by atoms with E-state index in [9.17, 15) is 4.79 Å². The van der Waals surface area contributed by atoms with Crippen LogP contribution in [0.2, 0.25) is 0 Å². The van der Waals surface area contributed by atoms with Crippen LogP contribution in [0.1, 0.15) is 5.69 Å². The Bertz CT molecular complexity index is 640. The topological polar surface area (TPSA) is 64.2 Å². The van der Waals surface area contributed by atoms with Crippen LogP contribution < -0.4 is 10.3 Å². The molecule has 100 valence electrons. The van der Waals surface area contributed by atoms with Gasteiger partial charge in [0.05, 0.1) is 19.4 Å². The first-order valence-corrected chi connectivity index (χ1v) is 6.65. The van der Waals surface area contributed by atoms with E-state index in [1.807, 2.05) is 46.9 Å². The van der Waals surface area contributed by atoms with Gasteiger partial charge in [0.25, 0.3) is 5.56 Å². The summed E-state index contributed by atoms with van der Waals surface area (Å²) in [6, 6.07) is 7.37. The molecule has 0 saturated heterocycles. The fourth-order valence-electron chi connectivity index (χ4n) is 1.64. The quantitative estimate of drug-likeness (QED) is 0.836. The molecule has 0 aliphatic heterocycles. The number of benzene rings is 1.